The molecule has 6 heteroatoms. The van der Waals surface area contributed by atoms with Crippen LogP contribution in [0.3, 0.4) is 0 Å². The Morgan fingerprint density at radius 1 is 0.968 bits per heavy atom. The quantitative estimate of drug-likeness (QED) is 0.319. The SMILES string of the molecule is CC(C)(C)c1ccc2ncc(C(=O)OCCCC(C)(C)c3ccc4nccn4c3)n2c1. The fourth-order valence-electron chi connectivity index (χ4n) is 3.79. The maximum Gasteiger partial charge on any atom is 0.356 e. The molecule has 0 aliphatic carbocycles. The highest BCUT2D eigenvalue weighted by Gasteiger charge is 2.22. The number of carbonyl (C=O) groups excluding carboxylic acids is 1. The molecule has 0 aliphatic rings. The Bertz CT molecular complexity index is 1230. The maximum atomic E-state index is 12.7. The van der Waals surface area contributed by atoms with Crippen LogP contribution >= 0.6 is 0 Å². The Balaban J connectivity index is 1.39. The lowest BCUT2D eigenvalue weighted by Gasteiger charge is -2.25. The molecule has 0 saturated carbocycles. The molecule has 0 aliphatic heterocycles. The predicted molar refractivity (Wildman–Crippen MR) is 122 cm³/mol. The molecule has 0 aromatic carbocycles. The summed E-state index contributed by atoms with van der Waals surface area (Å²) >= 11 is 0. The minimum Gasteiger partial charge on any atom is -0.461 e. The minimum atomic E-state index is -0.337. The van der Waals surface area contributed by atoms with Crippen molar-refractivity contribution in [3.63, 3.8) is 0 Å². The Hall–Kier alpha value is -3.15. The van der Waals surface area contributed by atoms with Crippen LogP contribution in [-0.4, -0.2) is 31.3 Å². The van der Waals surface area contributed by atoms with Crippen LogP contribution in [0.4, 0.5) is 0 Å². The van der Waals surface area contributed by atoms with Crippen molar-refractivity contribution >= 4 is 17.3 Å². The van der Waals surface area contributed by atoms with Crippen LogP contribution in [0.1, 0.15) is 69.1 Å². The van der Waals surface area contributed by atoms with Gasteiger partial charge in [0.1, 0.15) is 11.3 Å². The molecule has 0 saturated heterocycles. The summed E-state index contributed by atoms with van der Waals surface area (Å²) in [6.07, 6.45) is 11.1. The highest BCUT2D eigenvalue weighted by Crippen LogP contribution is 2.29. The lowest BCUT2D eigenvalue weighted by Crippen LogP contribution is -2.19. The van der Waals surface area contributed by atoms with E-state index in [4.69, 9.17) is 4.74 Å². The molecular formula is C25H30N4O2. The standard InChI is InChI=1S/C25H30N4O2/c1-24(2,3)18-7-10-22-27-15-20(29(22)17-18)23(30)31-14-6-11-25(4,5)19-8-9-21-26-12-13-28(21)16-19/h7-10,12-13,15-17H,6,11,14H2,1-5H3. The Morgan fingerprint density at radius 3 is 2.48 bits per heavy atom. The summed E-state index contributed by atoms with van der Waals surface area (Å²) in [4.78, 5) is 21.3. The van der Waals surface area contributed by atoms with Gasteiger partial charge in [-0.15, -0.1) is 0 Å². The van der Waals surface area contributed by atoms with Crippen LogP contribution in [0.2, 0.25) is 0 Å². The van der Waals surface area contributed by atoms with Crippen LogP contribution in [0.5, 0.6) is 0 Å². The van der Waals surface area contributed by atoms with E-state index in [0.29, 0.717) is 12.3 Å². The van der Waals surface area contributed by atoms with Crippen molar-refractivity contribution in [1.82, 2.24) is 18.8 Å². The van der Waals surface area contributed by atoms with Crippen molar-refractivity contribution in [3.05, 3.63) is 72.1 Å². The fourth-order valence-corrected chi connectivity index (χ4v) is 3.79. The van der Waals surface area contributed by atoms with E-state index < -0.39 is 0 Å². The Labute approximate surface area is 182 Å². The molecule has 6 nitrogen and oxygen atoms in total. The first-order chi connectivity index (χ1) is 14.6. The number of rotatable bonds is 6. The van der Waals surface area contributed by atoms with Gasteiger partial charge in [-0.1, -0.05) is 46.8 Å². The normalized spacial score (nSPS) is 12.5. The molecule has 162 valence electrons. The van der Waals surface area contributed by atoms with Crippen molar-refractivity contribution in [1.29, 1.82) is 0 Å². The van der Waals surface area contributed by atoms with Gasteiger partial charge in [-0.05, 0) is 46.9 Å². The van der Waals surface area contributed by atoms with E-state index in [2.05, 4.69) is 62.9 Å². The van der Waals surface area contributed by atoms with Crippen LogP contribution in [0.25, 0.3) is 11.3 Å². The third-order valence-corrected chi connectivity index (χ3v) is 5.93. The second-order valence-electron chi connectivity index (χ2n) is 9.77. The van der Waals surface area contributed by atoms with Gasteiger partial charge in [-0.25, -0.2) is 14.8 Å². The van der Waals surface area contributed by atoms with Crippen molar-refractivity contribution in [2.45, 2.75) is 58.3 Å². The number of esters is 1. The molecule has 0 bridgehead atoms. The lowest BCUT2D eigenvalue weighted by atomic mass is 9.81. The smallest absolute Gasteiger partial charge is 0.356 e. The summed E-state index contributed by atoms with van der Waals surface area (Å²) < 4.78 is 9.46. The zero-order valence-corrected chi connectivity index (χ0v) is 18.9. The zero-order chi connectivity index (χ0) is 22.2. The van der Waals surface area contributed by atoms with Crippen molar-refractivity contribution < 1.29 is 9.53 Å². The number of hydrogen-bond acceptors (Lipinski definition) is 4. The molecule has 0 N–H and O–H groups in total. The van der Waals surface area contributed by atoms with E-state index in [9.17, 15) is 4.79 Å². The maximum absolute atomic E-state index is 12.7. The molecule has 4 aromatic heterocycles. The molecule has 4 aromatic rings. The Morgan fingerprint density at radius 2 is 1.71 bits per heavy atom. The Kier molecular flexibility index (Phi) is 5.33. The summed E-state index contributed by atoms with van der Waals surface area (Å²) in [6, 6.07) is 8.16. The van der Waals surface area contributed by atoms with Gasteiger partial charge in [-0.2, -0.15) is 0 Å². The van der Waals surface area contributed by atoms with E-state index in [1.165, 1.54) is 5.56 Å². The zero-order valence-electron chi connectivity index (χ0n) is 18.9. The number of pyridine rings is 2. The summed E-state index contributed by atoms with van der Waals surface area (Å²) in [5, 5.41) is 0. The molecule has 0 spiro atoms. The summed E-state index contributed by atoms with van der Waals surface area (Å²) in [6.45, 7) is 11.2. The molecule has 4 heterocycles. The van der Waals surface area contributed by atoms with Gasteiger partial charge in [-0.3, -0.25) is 4.40 Å². The van der Waals surface area contributed by atoms with Crippen LogP contribution in [0.15, 0.2) is 55.2 Å². The van der Waals surface area contributed by atoms with Gasteiger partial charge in [0.15, 0.2) is 5.69 Å². The molecule has 0 unspecified atom stereocenters. The van der Waals surface area contributed by atoms with Crippen LogP contribution < -0.4 is 0 Å². The number of hydrogen-bond donors (Lipinski definition) is 0. The summed E-state index contributed by atoms with van der Waals surface area (Å²) in [7, 11) is 0. The molecule has 0 fully saturated rings. The van der Waals surface area contributed by atoms with Gasteiger partial charge in [0.05, 0.1) is 12.8 Å². The van der Waals surface area contributed by atoms with E-state index in [0.717, 1.165) is 29.7 Å². The lowest BCUT2D eigenvalue weighted by molar-refractivity contribution is 0.0484. The predicted octanol–water partition coefficient (Wildman–Crippen LogP) is 5.19. The summed E-state index contributed by atoms with van der Waals surface area (Å²) in [5.41, 5.74) is 4.49. The van der Waals surface area contributed by atoms with Gasteiger partial charge < -0.3 is 9.14 Å². The monoisotopic (exact) mass is 418 g/mol. The molecule has 4 rings (SSSR count). The highest BCUT2D eigenvalue weighted by molar-refractivity contribution is 5.88. The van der Waals surface area contributed by atoms with Crippen molar-refractivity contribution in [2.24, 2.45) is 0 Å². The third kappa shape index (κ3) is 4.33. The van der Waals surface area contributed by atoms with Crippen LogP contribution in [0, 0.1) is 0 Å². The average molecular weight is 419 g/mol. The van der Waals surface area contributed by atoms with Gasteiger partial charge >= 0.3 is 5.97 Å². The fraction of sp³-hybridized carbons (Fsp3) is 0.400. The van der Waals surface area contributed by atoms with E-state index in [-0.39, 0.29) is 16.8 Å². The molecular weight excluding hydrogens is 388 g/mol. The summed E-state index contributed by atoms with van der Waals surface area (Å²) in [5.74, 6) is -0.337. The minimum absolute atomic E-state index is 0.00898. The van der Waals surface area contributed by atoms with Gasteiger partial charge in [0.25, 0.3) is 0 Å². The second-order valence-corrected chi connectivity index (χ2v) is 9.77. The van der Waals surface area contributed by atoms with Crippen molar-refractivity contribution in [2.75, 3.05) is 6.61 Å². The van der Waals surface area contributed by atoms with E-state index >= 15 is 0 Å². The largest absolute Gasteiger partial charge is 0.461 e. The number of fused-ring (bicyclic) bond motifs is 2. The first kappa shape index (κ1) is 21.1. The number of carbonyl (C=O) groups is 1. The average Bonchev–Trinajstić information content (AvgIpc) is 3.36. The molecule has 0 atom stereocenters. The molecule has 0 radical (unpaired) electrons. The second kappa shape index (κ2) is 7.84. The van der Waals surface area contributed by atoms with E-state index in [1.54, 1.807) is 12.4 Å². The van der Waals surface area contributed by atoms with Gasteiger partial charge in [0, 0.05) is 24.8 Å². The number of ether oxygens (including phenoxy) is 1. The number of imidazole rings is 2. The first-order valence-electron chi connectivity index (χ1n) is 10.7. The highest BCUT2D eigenvalue weighted by atomic mass is 16.5. The molecule has 0 amide bonds. The topological polar surface area (TPSA) is 60.9 Å². The van der Waals surface area contributed by atoms with Crippen LogP contribution in [-0.2, 0) is 15.6 Å². The molecule has 31 heavy (non-hydrogen) atoms. The first-order valence-corrected chi connectivity index (χ1v) is 10.7. The van der Waals surface area contributed by atoms with E-state index in [1.807, 2.05) is 33.3 Å². The van der Waals surface area contributed by atoms with Crippen molar-refractivity contribution in [3.8, 4) is 0 Å². The number of aromatic nitrogens is 4. The number of nitrogens with zero attached hydrogens (tertiary/aromatic N) is 4. The third-order valence-electron chi connectivity index (χ3n) is 5.93. The van der Waals surface area contributed by atoms with Gasteiger partial charge in [0.2, 0.25) is 0 Å².